The van der Waals surface area contributed by atoms with E-state index in [-0.39, 0.29) is 10.9 Å². The third-order valence-electron chi connectivity index (χ3n) is 1.57. The van der Waals surface area contributed by atoms with Crippen LogP contribution in [-0.4, -0.2) is 5.11 Å². The molecule has 0 fully saturated rings. The van der Waals surface area contributed by atoms with Gasteiger partial charge < -0.3 is 5.11 Å². The van der Waals surface area contributed by atoms with Gasteiger partial charge >= 0.3 is 0 Å². The summed E-state index contributed by atoms with van der Waals surface area (Å²) in [5.74, 6) is -0.325. The fourth-order valence-corrected chi connectivity index (χ4v) is 2.31. The summed E-state index contributed by atoms with van der Waals surface area (Å²) in [5, 5.41) is 10.1. The number of aromatic hydroxyl groups is 1. The lowest BCUT2D eigenvalue weighted by atomic mass is 10.2. The van der Waals surface area contributed by atoms with Crippen molar-refractivity contribution in [3.8, 4) is 5.06 Å². The Kier molecular flexibility index (Phi) is 1.73. The van der Waals surface area contributed by atoms with Crippen molar-refractivity contribution >= 4 is 34.1 Å². The molecular weight excluding hydrogens is 195 g/mol. The molecule has 2 aromatic rings. The highest BCUT2D eigenvalue weighted by atomic mass is 32.1. The lowest BCUT2D eigenvalue weighted by Gasteiger charge is -1.93. The first kappa shape index (κ1) is 7.89. The van der Waals surface area contributed by atoms with Gasteiger partial charge in [-0.25, -0.2) is 4.39 Å². The molecule has 0 saturated carbocycles. The zero-order valence-corrected chi connectivity index (χ0v) is 7.62. The van der Waals surface area contributed by atoms with E-state index in [0.29, 0.717) is 4.90 Å². The summed E-state index contributed by atoms with van der Waals surface area (Å²) in [6.07, 6.45) is 0. The predicted octanol–water partition coefficient (Wildman–Crippen LogP) is 3.03. The predicted molar refractivity (Wildman–Crippen MR) is 50.7 cm³/mol. The molecule has 0 atom stereocenters. The zero-order valence-electron chi connectivity index (χ0n) is 5.91. The second-order valence-corrected chi connectivity index (χ2v) is 3.97. The van der Waals surface area contributed by atoms with Crippen LogP contribution in [0, 0.1) is 5.82 Å². The van der Waals surface area contributed by atoms with Crippen LogP contribution in [-0.2, 0) is 0 Å². The number of thiophene rings is 1. The fraction of sp³-hybridized carbons (Fsp3) is 0. The van der Waals surface area contributed by atoms with Gasteiger partial charge in [0.25, 0.3) is 0 Å². The molecule has 0 saturated heterocycles. The highest BCUT2D eigenvalue weighted by molar-refractivity contribution is 7.80. The van der Waals surface area contributed by atoms with Crippen LogP contribution >= 0.6 is 24.0 Å². The van der Waals surface area contributed by atoms with E-state index in [1.165, 1.54) is 12.1 Å². The summed E-state index contributed by atoms with van der Waals surface area (Å²) in [4.78, 5) is 0.557. The molecule has 62 valence electrons. The van der Waals surface area contributed by atoms with Crippen LogP contribution in [0.4, 0.5) is 4.39 Å². The maximum atomic E-state index is 12.8. The van der Waals surface area contributed by atoms with E-state index >= 15 is 0 Å². The molecule has 4 heteroatoms. The molecule has 12 heavy (non-hydrogen) atoms. The number of halogens is 1. The average molecular weight is 200 g/mol. The molecule has 0 bridgehead atoms. The first-order chi connectivity index (χ1) is 5.66. The quantitative estimate of drug-likeness (QED) is 0.626. The van der Waals surface area contributed by atoms with Gasteiger partial charge in [0, 0.05) is 21.0 Å². The second-order valence-electron chi connectivity index (χ2n) is 2.42. The Morgan fingerprint density at radius 3 is 2.83 bits per heavy atom. The van der Waals surface area contributed by atoms with Gasteiger partial charge in [-0.2, -0.15) is 0 Å². The molecule has 0 aliphatic rings. The van der Waals surface area contributed by atoms with E-state index in [2.05, 4.69) is 12.6 Å². The Bertz CT molecular complexity index is 436. The van der Waals surface area contributed by atoms with Gasteiger partial charge in [0.1, 0.15) is 5.82 Å². The lowest BCUT2D eigenvalue weighted by molar-refractivity contribution is 0.491. The Morgan fingerprint density at radius 1 is 1.33 bits per heavy atom. The van der Waals surface area contributed by atoms with E-state index in [1.54, 1.807) is 6.07 Å². The van der Waals surface area contributed by atoms with Crippen LogP contribution in [0.15, 0.2) is 23.1 Å². The SMILES string of the molecule is Oc1cc2c(S)cc(F)cc2s1. The first-order valence-corrected chi connectivity index (χ1v) is 4.54. The molecule has 0 aliphatic carbocycles. The van der Waals surface area contributed by atoms with Crippen LogP contribution in [0.1, 0.15) is 0 Å². The van der Waals surface area contributed by atoms with Gasteiger partial charge in [0.2, 0.25) is 0 Å². The maximum absolute atomic E-state index is 12.8. The molecule has 1 N–H and O–H groups in total. The van der Waals surface area contributed by atoms with Crippen molar-refractivity contribution in [3.05, 3.63) is 24.0 Å². The minimum atomic E-state index is -0.325. The number of rotatable bonds is 0. The number of fused-ring (bicyclic) bond motifs is 1. The molecule has 1 aromatic carbocycles. The van der Waals surface area contributed by atoms with E-state index in [9.17, 15) is 4.39 Å². The monoisotopic (exact) mass is 200 g/mol. The summed E-state index contributed by atoms with van der Waals surface area (Å²) in [6, 6.07) is 4.30. The number of benzene rings is 1. The highest BCUT2D eigenvalue weighted by Gasteiger charge is 2.05. The third kappa shape index (κ3) is 1.17. The standard InChI is InChI=1S/C8H5FOS2/c9-4-1-6(11)5-3-8(10)12-7(5)2-4/h1-3,10-11H. The molecule has 0 aliphatic heterocycles. The van der Waals surface area contributed by atoms with Crippen molar-refractivity contribution in [2.75, 3.05) is 0 Å². The van der Waals surface area contributed by atoms with Crippen molar-refractivity contribution in [2.45, 2.75) is 4.90 Å². The van der Waals surface area contributed by atoms with Gasteiger partial charge in [-0.3, -0.25) is 0 Å². The topological polar surface area (TPSA) is 20.2 Å². The molecule has 1 nitrogen and oxygen atoms in total. The van der Waals surface area contributed by atoms with Crippen molar-refractivity contribution in [1.29, 1.82) is 0 Å². The lowest BCUT2D eigenvalue weighted by Crippen LogP contribution is -1.73. The van der Waals surface area contributed by atoms with Crippen molar-refractivity contribution in [2.24, 2.45) is 0 Å². The highest BCUT2D eigenvalue weighted by Crippen LogP contribution is 2.34. The fourth-order valence-electron chi connectivity index (χ4n) is 1.07. The summed E-state index contributed by atoms with van der Waals surface area (Å²) in [6.45, 7) is 0. The van der Waals surface area contributed by atoms with Crippen LogP contribution in [0.2, 0.25) is 0 Å². The van der Waals surface area contributed by atoms with Crippen molar-refractivity contribution < 1.29 is 9.50 Å². The van der Waals surface area contributed by atoms with E-state index < -0.39 is 0 Å². The molecule has 0 amide bonds. The minimum absolute atomic E-state index is 0.186. The molecular formula is C8H5FOS2. The van der Waals surface area contributed by atoms with Gasteiger partial charge in [0.15, 0.2) is 5.06 Å². The Morgan fingerprint density at radius 2 is 2.08 bits per heavy atom. The van der Waals surface area contributed by atoms with Crippen LogP contribution < -0.4 is 0 Å². The minimum Gasteiger partial charge on any atom is -0.499 e. The number of hydrogen-bond donors (Lipinski definition) is 2. The zero-order chi connectivity index (χ0) is 8.72. The summed E-state index contributed by atoms with van der Waals surface area (Å²) >= 11 is 5.24. The normalized spacial score (nSPS) is 10.8. The van der Waals surface area contributed by atoms with Gasteiger partial charge in [-0.15, -0.1) is 12.6 Å². The maximum Gasteiger partial charge on any atom is 0.172 e. The van der Waals surface area contributed by atoms with Gasteiger partial charge in [0.05, 0.1) is 0 Å². The second kappa shape index (κ2) is 2.64. The van der Waals surface area contributed by atoms with Gasteiger partial charge in [-0.05, 0) is 12.1 Å². The Hall–Kier alpha value is -0.740. The first-order valence-electron chi connectivity index (χ1n) is 3.28. The summed E-state index contributed by atoms with van der Waals surface area (Å²) < 4.78 is 13.5. The summed E-state index contributed by atoms with van der Waals surface area (Å²) in [7, 11) is 0. The van der Waals surface area contributed by atoms with Crippen LogP contribution in [0.3, 0.4) is 0 Å². The van der Waals surface area contributed by atoms with Gasteiger partial charge in [-0.1, -0.05) is 11.3 Å². The van der Waals surface area contributed by atoms with Crippen molar-refractivity contribution in [1.82, 2.24) is 0 Å². The Labute approximate surface area is 77.9 Å². The van der Waals surface area contributed by atoms with Crippen LogP contribution in [0.5, 0.6) is 5.06 Å². The molecule has 1 aromatic heterocycles. The number of hydrogen-bond acceptors (Lipinski definition) is 3. The van der Waals surface area contributed by atoms with E-state index in [1.807, 2.05) is 0 Å². The molecule has 0 radical (unpaired) electrons. The number of thiol groups is 1. The Balaban J connectivity index is 2.88. The van der Waals surface area contributed by atoms with Crippen LogP contribution in [0.25, 0.3) is 10.1 Å². The van der Waals surface area contributed by atoms with E-state index in [4.69, 9.17) is 5.11 Å². The third-order valence-corrected chi connectivity index (χ3v) is 2.82. The molecule has 0 spiro atoms. The molecule has 0 unspecified atom stereocenters. The van der Waals surface area contributed by atoms with Crippen molar-refractivity contribution in [3.63, 3.8) is 0 Å². The average Bonchev–Trinajstić information content (AvgIpc) is 2.29. The summed E-state index contributed by atoms with van der Waals surface area (Å²) in [5.41, 5.74) is 0. The molecule has 1 heterocycles. The smallest absolute Gasteiger partial charge is 0.172 e. The largest absolute Gasteiger partial charge is 0.499 e. The van der Waals surface area contributed by atoms with E-state index in [0.717, 1.165) is 21.4 Å². The molecule has 2 rings (SSSR count).